The number of amides is 1. The molecular weight excluding hydrogens is 336 g/mol. The third-order valence-corrected chi connectivity index (χ3v) is 5.21. The van der Waals surface area contributed by atoms with Crippen LogP contribution in [0.1, 0.15) is 38.4 Å². The predicted octanol–water partition coefficient (Wildman–Crippen LogP) is -0.0951. The van der Waals surface area contributed by atoms with E-state index in [-0.39, 0.29) is 5.91 Å². The van der Waals surface area contributed by atoms with Gasteiger partial charge in [0.1, 0.15) is 0 Å². The number of hydrogen-bond acceptors (Lipinski definition) is 7. The number of aliphatic hydroxyl groups is 1. The zero-order valence-corrected chi connectivity index (χ0v) is 15.6. The van der Waals surface area contributed by atoms with Gasteiger partial charge in [-0.25, -0.2) is 4.68 Å². The van der Waals surface area contributed by atoms with Gasteiger partial charge in [0.2, 0.25) is 5.91 Å². The SMILES string of the molecule is CC1CCN(Cc2nnnn2CCCC(=O)N2CCOCC(O)C2)CC1. The number of β-amino-alcohol motifs (C(OH)–C–C–N with tert-alkyl or cyclic N) is 1. The molecule has 0 radical (unpaired) electrons. The van der Waals surface area contributed by atoms with Gasteiger partial charge in [0.25, 0.3) is 0 Å². The number of rotatable bonds is 6. The lowest BCUT2D eigenvalue weighted by Crippen LogP contribution is -2.37. The van der Waals surface area contributed by atoms with Gasteiger partial charge in [-0.15, -0.1) is 5.10 Å². The van der Waals surface area contributed by atoms with Crippen LogP contribution in [0.3, 0.4) is 0 Å². The van der Waals surface area contributed by atoms with E-state index in [2.05, 4.69) is 27.3 Å². The number of tetrazole rings is 1. The summed E-state index contributed by atoms with van der Waals surface area (Å²) in [6.45, 7) is 7.54. The molecular formula is C17H30N6O3. The Bertz CT molecular complexity index is 573. The zero-order chi connectivity index (χ0) is 18.4. The summed E-state index contributed by atoms with van der Waals surface area (Å²) in [4.78, 5) is 16.4. The number of aryl methyl sites for hydroxylation is 1. The molecule has 26 heavy (non-hydrogen) atoms. The van der Waals surface area contributed by atoms with Gasteiger partial charge in [0.05, 0.1) is 25.9 Å². The number of ether oxygens (including phenoxy) is 1. The average Bonchev–Trinajstić information content (AvgIpc) is 2.94. The largest absolute Gasteiger partial charge is 0.389 e. The molecule has 146 valence electrons. The van der Waals surface area contributed by atoms with E-state index in [1.54, 1.807) is 4.90 Å². The summed E-state index contributed by atoms with van der Waals surface area (Å²) in [6, 6.07) is 0. The maximum atomic E-state index is 12.3. The van der Waals surface area contributed by atoms with E-state index in [9.17, 15) is 9.90 Å². The standard InChI is InChI=1S/C17H30N6O3/c1-14-4-7-21(8-5-14)12-16-18-19-20-23(16)6-2-3-17(25)22-9-10-26-13-15(24)11-22/h14-15,24H,2-13H2,1H3. The number of aromatic nitrogens is 4. The zero-order valence-electron chi connectivity index (χ0n) is 15.6. The molecule has 0 aliphatic carbocycles. The number of likely N-dealkylation sites (tertiary alicyclic amines) is 1. The Hall–Kier alpha value is -1.58. The molecule has 2 saturated heterocycles. The molecule has 3 heterocycles. The molecule has 1 aromatic rings. The van der Waals surface area contributed by atoms with Crippen molar-refractivity contribution >= 4 is 5.91 Å². The highest BCUT2D eigenvalue weighted by Crippen LogP contribution is 2.17. The topological polar surface area (TPSA) is 96.6 Å². The Morgan fingerprint density at radius 3 is 2.92 bits per heavy atom. The molecule has 2 aliphatic rings. The van der Waals surface area contributed by atoms with Gasteiger partial charge in [-0.1, -0.05) is 6.92 Å². The summed E-state index contributed by atoms with van der Waals surface area (Å²) in [5, 5.41) is 21.8. The Morgan fingerprint density at radius 1 is 1.31 bits per heavy atom. The van der Waals surface area contributed by atoms with Crippen LogP contribution in [0.5, 0.6) is 0 Å². The summed E-state index contributed by atoms with van der Waals surface area (Å²) < 4.78 is 7.08. The number of hydrogen-bond donors (Lipinski definition) is 1. The fourth-order valence-corrected chi connectivity index (χ4v) is 3.49. The van der Waals surface area contributed by atoms with Crippen LogP contribution in [0.25, 0.3) is 0 Å². The van der Waals surface area contributed by atoms with Crippen LogP contribution in [0, 0.1) is 5.92 Å². The van der Waals surface area contributed by atoms with E-state index in [1.807, 2.05) is 4.68 Å². The Morgan fingerprint density at radius 2 is 2.12 bits per heavy atom. The van der Waals surface area contributed by atoms with E-state index >= 15 is 0 Å². The minimum Gasteiger partial charge on any atom is -0.389 e. The van der Waals surface area contributed by atoms with Crippen molar-refractivity contribution in [1.29, 1.82) is 0 Å². The maximum absolute atomic E-state index is 12.3. The molecule has 0 aromatic carbocycles. The van der Waals surface area contributed by atoms with Gasteiger partial charge in [0.15, 0.2) is 5.82 Å². The number of piperidine rings is 1. The first-order valence-corrected chi connectivity index (χ1v) is 9.63. The lowest BCUT2D eigenvalue weighted by Gasteiger charge is -2.29. The highest BCUT2D eigenvalue weighted by atomic mass is 16.5. The number of nitrogens with zero attached hydrogens (tertiary/aromatic N) is 6. The quantitative estimate of drug-likeness (QED) is 0.751. The van der Waals surface area contributed by atoms with E-state index in [0.29, 0.717) is 45.7 Å². The number of aliphatic hydroxyl groups excluding tert-OH is 1. The molecule has 0 saturated carbocycles. The summed E-state index contributed by atoms with van der Waals surface area (Å²) >= 11 is 0. The molecule has 3 rings (SSSR count). The maximum Gasteiger partial charge on any atom is 0.222 e. The van der Waals surface area contributed by atoms with Crippen LogP contribution in [-0.4, -0.2) is 86.5 Å². The normalized spacial score (nSPS) is 23.2. The van der Waals surface area contributed by atoms with Crippen LogP contribution in [-0.2, 0) is 22.6 Å². The highest BCUT2D eigenvalue weighted by Gasteiger charge is 2.21. The van der Waals surface area contributed by atoms with E-state index in [0.717, 1.165) is 31.4 Å². The molecule has 1 atom stereocenters. The van der Waals surface area contributed by atoms with Crippen molar-refractivity contribution in [2.75, 3.05) is 39.4 Å². The second-order valence-corrected chi connectivity index (χ2v) is 7.45. The number of carbonyl (C=O) groups excluding carboxylic acids is 1. The minimum atomic E-state index is -0.597. The second-order valence-electron chi connectivity index (χ2n) is 7.45. The van der Waals surface area contributed by atoms with E-state index in [1.165, 1.54) is 12.8 Å². The first-order chi connectivity index (χ1) is 12.6. The van der Waals surface area contributed by atoms with E-state index in [4.69, 9.17) is 4.74 Å². The first-order valence-electron chi connectivity index (χ1n) is 9.63. The van der Waals surface area contributed by atoms with Crippen molar-refractivity contribution in [1.82, 2.24) is 30.0 Å². The molecule has 1 aromatic heterocycles. The van der Waals surface area contributed by atoms with Crippen molar-refractivity contribution in [3.8, 4) is 0 Å². The van der Waals surface area contributed by atoms with Gasteiger partial charge in [-0.3, -0.25) is 9.69 Å². The van der Waals surface area contributed by atoms with Crippen LogP contribution in [0.15, 0.2) is 0 Å². The molecule has 9 nitrogen and oxygen atoms in total. The van der Waals surface area contributed by atoms with Crippen LogP contribution >= 0.6 is 0 Å². The van der Waals surface area contributed by atoms with Gasteiger partial charge in [-0.05, 0) is 48.7 Å². The molecule has 0 spiro atoms. The fourth-order valence-electron chi connectivity index (χ4n) is 3.49. The van der Waals surface area contributed by atoms with Crippen LogP contribution in [0.2, 0.25) is 0 Å². The smallest absolute Gasteiger partial charge is 0.222 e. The van der Waals surface area contributed by atoms with Crippen LogP contribution in [0.4, 0.5) is 0 Å². The van der Waals surface area contributed by atoms with E-state index < -0.39 is 6.10 Å². The summed E-state index contributed by atoms with van der Waals surface area (Å²) in [5.41, 5.74) is 0. The fraction of sp³-hybridized carbons (Fsp3) is 0.882. The van der Waals surface area contributed by atoms with Gasteiger partial charge < -0.3 is 14.7 Å². The molecule has 2 fully saturated rings. The van der Waals surface area contributed by atoms with Crippen LogP contribution < -0.4 is 0 Å². The molecule has 0 bridgehead atoms. The monoisotopic (exact) mass is 366 g/mol. The molecule has 1 N–H and O–H groups in total. The highest BCUT2D eigenvalue weighted by molar-refractivity contribution is 5.76. The third kappa shape index (κ3) is 5.46. The molecule has 1 amide bonds. The molecule has 1 unspecified atom stereocenters. The average molecular weight is 366 g/mol. The summed E-state index contributed by atoms with van der Waals surface area (Å²) in [7, 11) is 0. The number of carbonyl (C=O) groups is 1. The summed E-state index contributed by atoms with van der Waals surface area (Å²) in [6.07, 6.45) is 2.96. The molecule has 2 aliphatic heterocycles. The third-order valence-electron chi connectivity index (χ3n) is 5.21. The lowest BCUT2D eigenvalue weighted by atomic mass is 9.99. The molecule has 9 heteroatoms. The lowest BCUT2D eigenvalue weighted by molar-refractivity contribution is -0.132. The Kier molecular flexibility index (Phi) is 6.93. The minimum absolute atomic E-state index is 0.0502. The second kappa shape index (κ2) is 9.38. The van der Waals surface area contributed by atoms with Gasteiger partial charge >= 0.3 is 0 Å². The van der Waals surface area contributed by atoms with Crippen molar-refractivity contribution in [3.05, 3.63) is 5.82 Å². The Balaban J connectivity index is 1.43. The first kappa shape index (κ1) is 19.2. The summed E-state index contributed by atoms with van der Waals surface area (Å²) in [5.74, 6) is 1.72. The predicted molar refractivity (Wildman–Crippen MR) is 94.1 cm³/mol. The van der Waals surface area contributed by atoms with Crippen molar-refractivity contribution in [2.45, 2.75) is 51.8 Å². The van der Waals surface area contributed by atoms with Crippen molar-refractivity contribution < 1.29 is 14.6 Å². The Labute approximate surface area is 154 Å². The van der Waals surface area contributed by atoms with Crippen molar-refractivity contribution in [3.63, 3.8) is 0 Å². The van der Waals surface area contributed by atoms with Gasteiger partial charge in [0, 0.05) is 26.1 Å². The van der Waals surface area contributed by atoms with Crippen molar-refractivity contribution in [2.24, 2.45) is 5.92 Å². The van der Waals surface area contributed by atoms with Gasteiger partial charge in [-0.2, -0.15) is 0 Å².